The molecule has 2 rings (SSSR count). The summed E-state index contributed by atoms with van der Waals surface area (Å²) in [4.78, 5) is 12.5. The molecule has 1 heterocycles. The minimum absolute atomic E-state index is 0.121. The van der Waals surface area contributed by atoms with Gasteiger partial charge in [-0.25, -0.2) is 0 Å². The van der Waals surface area contributed by atoms with Gasteiger partial charge in [0.05, 0.1) is 12.8 Å². The second kappa shape index (κ2) is 6.47. The summed E-state index contributed by atoms with van der Waals surface area (Å²) in [5, 5.41) is 6.71. The molecule has 0 saturated heterocycles. The Hall–Kier alpha value is -1.95. The third kappa shape index (κ3) is 3.33. The number of carbonyl (C=O) groups excluding carboxylic acids is 1. The van der Waals surface area contributed by atoms with Gasteiger partial charge in [0.25, 0.3) is 5.91 Å². The summed E-state index contributed by atoms with van der Waals surface area (Å²) in [5.41, 5.74) is 2.93. The SMILES string of the molecule is COc1ccc(C)cc1CCNC(=O)c1snnc1C. The lowest BCUT2D eigenvalue weighted by Crippen LogP contribution is -2.25. The largest absolute Gasteiger partial charge is 0.496 e. The smallest absolute Gasteiger partial charge is 0.264 e. The number of nitrogens with one attached hydrogen (secondary N) is 1. The molecule has 0 spiro atoms. The minimum atomic E-state index is -0.121. The molecule has 0 unspecified atom stereocenters. The standard InChI is InChI=1S/C14H17N3O2S/c1-9-4-5-12(19-3)11(8-9)6-7-15-14(18)13-10(2)16-17-20-13/h4-5,8H,6-7H2,1-3H3,(H,15,18). The molecule has 106 valence electrons. The van der Waals surface area contributed by atoms with Gasteiger partial charge in [-0.15, -0.1) is 5.10 Å². The normalized spacial score (nSPS) is 10.3. The number of rotatable bonds is 5. The molecule has 5 nitrogen and oxygen atoms in total. The maximum Gasteiger partial charge on any atom is 0.264 e. The van der Waals surface area contributed by atoms with Gasteiger partial charge in [-0.05, 0) is 43.4 Å². The topological polar surface area (TPSA) is 64.1 Å². The number of hydrogen-bond acceptors (Lipinski definition) is 5. The molecule has 0 radical (unpaired) electrons. The first-order chi connectivity index (χ1) is 9.61. The average molecular weight is 291 g/mol. The molecule has 2 aromatic rings. The maximum absolute atomic E-state index is 11.9. The van der Waals surface area contributed by atoms with Crippen LogP contribution in [0.1, 0.15) is 26.5 Å². The zero-order valence-electron chi connectivity index (χ0n) is 11.8. The van der Waals surface area contributed by atoms with Crippen molar-refractivity contribution in [2.45, 2.75) is 20.3 Å². The summed E-state index contributed by atoms with van der Waals surface area (Å²) < 4.78 is 9.08. The zero-order valence-corrected chi connectivity index (χ0v) is 12.6. The maximum atomic E-state index is 11.9. The second-order valence-electron chi connectivity index (χ2n) is 4.51. The lowest BCUT2D eigenvalue weighted by molar-refractivity contribution is 0.0957. The number of hydrogen-bond donors (Lipinski definition) is 1. The van der Waals surface area contributed by atoms with E-state index in [0.29, 0.717) is 17.1 Å². The molecule has 0 atom stereocenters. The highest BCUT2D eigenvalue weighted by atomic mass is 32.1. The van der Waals surface area contributed by atoms with Crippen LogP contribution >= 0.6 is 11.5 Å². The number of methoxy groups -OCH3 is 1. The molecule has 1 amide bonds. The highest BCUT2D eigenvalue weighted by Gasteiger charge is 2.12. The van der Waals surface area contributed by atoms with E-state index in [9.17, 15) is 4.79 Å². The fourth-order valence-electron chi connectivity index (χ4n) is 1.93. The third-order valence-corrected chi connectivity index (χ3v) is 3.80. The molecule has 0 aliphatic heterocycles. The van der Waals surface area contributed by atoms with Crippen LogP contribution in [-0.4, -0.2) is 29.1 Å². The van der Waals surface area contributed by atoms with Crippen LogP contribution in [0.4, 0.5) is 0 Å². The predicted octanol–water partition coefficient (Wildman–Crippen LogP) is 2.14. The van der Waals surface area contributed by atoms with Crippen LogP contribution in [0.15, 0.2) is 18.2 Å². The number of nitrogens with zero attached hydrogens (tertiary/aromatic N) is 2. The van der Waals surface area contributed by atoms with E-state index in [-0.39, 0.29) is 5.91 Å². The minimum Gasteiger partial charge on any atom is -0.496 e. The fraction of sp³-hybridized carbons (Fsp3) is 0.357. The van der Waals surface area contributed by atoms with Gasteiger partial charge in [0.2, 0.25) is 0 Å². The van der Waals surface area contributed by atoms with E-state index >= 15 is 0 Å². The van der Waals surface area contributed by atoms with Crippen molar-refractivity contribution in [1.29, 1.82) is 0 Å². The molecule has 1 aromatic heterocycles. The fourth-order valence-corrected chi connectivity index (χ4v) is 2.51. The van der Waals surface area contributed by atoms with E-state index < -0.39 is 0 Å². The van der Waals surface area contributed by atoms with E-state index in [1.54, 1.807) is 14.0 Å². The second-order valence-corrected chi connectivity index (χ2v) is 5.26. The molecular weight excluding hydrogens is 274 g/mol. The highest BCUT2D eigenvalue weighted by molar-refractivity contribution is 7.07. The van der Waals surface area contributed by atoms with Gasteiger partial charge in [0.15, 0.2) is 0 Å². The quantitative estimate of drug-likeness (QED) is 0.916. The Kier molecular flexibility index (Phi) is 4.68. The van der Waals surface area contributed by atoms with Gasteiger partial charge < -0.3 is 10.1 Å². The molecule has 0 aliphatic rings. The molecule has 0 aliphatic carbocycles. The predicted molar refractivity (Wildman–Crippen MR) is 78.4 cm³/mol. The number of ether oxygens (including phenoxy) is 1. The number of carbonyl (C=O) groups is 1. The average Bonchev–Trinajstić information content (AvgIpc) is 2.85. The molecular formula is C14H17N3O2S. The van der Waals surface area contributed by atoms with Crippen LogP contribution < -0.4 is 10.1 Å². The Bertz CT molecular complexity index is 610. The van der Waals surface area contributed by atoms with E-state index in [1.165, 1.54) is 5.56 Å². The summed E-state index contributed by atoms with van der Waals surface area (Å²) in [6.45, 7) is 4.37. The summed E-state index contributed by atoms with van der Waals surface area (Å²) in [6.07, 6.45) is 0.724. The van der Waals surface area contributed by atoms with Crippen molar-refractivity contribution in [3.05, 3.63) is 39.9 Å². The third-order valence-electron chi connectivity index (χ3n) is 2.97. The van der Waals surface area contributed by atoms with E-state index in [2.05, 4.69) is 21.0 Å². The Labute approximate surface area is 122 Å². The lowest BCUT2D eigenvalue weighted by Gasteiger charge is -2.10. The van der Waals surface area contributed by atoms with Gasteiger partial charge in [-0.3, -0.25) is 4.79 Å². The molecule has 6 heteroatoms. The van der Waals surface area contributed by atoms with E-state index in [4.69, 9.17) is 4.74 Å². The summed E-state index contributed by atoms with van der Waals surface area (Å²) in [5.74, 6) is 0.726. The van der Waals surface area contributed by atoms with E-state index in [1.807, 2.05) is 19.1 Å². The first-order valence-electron chi connectivity index (χ1n) is 6.32. The van der Waals surface area contributed by atoms with Crippen LogP contribution in [0, 0.1) is 13.8 Å². The Morgan fingerprint density at radius 1 is 1.40 bits per heavy atom. The van der Waals surface area contributed by atoms with Crippen molar-refractivity contribution in [3.63, 3.8) is 0 Å². The number of amides is 1. The summed E-state index contributed by atoms with van der Waals surface area (Å²) in [6, 6.07) is 6.03. The Morgan fingerprint density at radius 3 is 2.85 bits per heavy atom. The van der Waals surface area contributed by atoms with Crippen molar-refractivity contribution < 1.29 is 9.53 Å². The van der Waals surface area contributed by atoms with Crippen LogP contribution in [0.5, 0.6) is 5.75 Å². The van der Waals surface area contributed by atoms with Crippen molar-refractivity contribution in [1.82, 2.24) is 14.9 Å². The lowest BCUT2D eigenvalue weighted by atomic mass is 10.1. The first-order valence-corrected chi connectivity index (χ1v) is 7.10. The summed E-state index contributed by atoms with van der Waals surface area (Å²) in [7, 11) is 1.65. The van der Waals surface area contributed by atoms with Crippen molar-refractivity contribution in [2.24, 2.45) is 0 Å². The van der Waals surface area contributed by atoms with Gasteiger partial charge >= 0.3 is 0 Å². The first kappa shape index (κ1) is 14.5. The summed E-state index contributed by atoms with van der Waals surface area (Å²) >= 11 is 1.12. The number of benzene rings is 1. The monoisotopic (exact) mass is 291 g/mol. The van der Waals surface area contributed by atoms with Crippen molar-refractivity contribution in [2.75, 3.05) is 13.7 Å². The molecule has 20 heavy (non-hydrogen) atoms. The van der Waals surface area contributed by atoms with Gasteiger partial charge in [0.1, 0.15) is 10.6 Å². The molecule has 0 bridgehead atoms. The highest BCUT2D eigenvalue weighted by Crippen LogP contribution is 2.19. The van der Waals surface area contributed by atoms with Crippen LogP contribution in [0.3, 0.4) is 0 Å². The molecule has 0 saturated carbocycles. The van der Waals surface area contributed by atoms with Crippen LogP contribution in [0.2, 0.25) is 0 Å². The van der Waals surface area contributed by atoms with Crippen LogP contribution in [-0.2, 0) is 6.42 Å². The molecule has 1 N–H and O–H groups in total. The number of aryl methyl sites for hydroxylation is 2. The van der Waals surface area contributed by atoms with Gasteiger partial charge in [-0.2, -0.15) is 0 Å². The van der Waals surface area contributed by atoms with Crippen molar-refractivity contribution in [3.8, 4) is 5.75 Å². The Balaban J connectivity index is 1.95. The number of aromatic nitrogens is 2. The Morgan fingerprint density at radius 2 is 2.20 bits per heavy atom. The van der Waals surface area contributed by atoms with Crippen molar-refractivity contribution >= 4 is 17.4 Å². The molecule has 0 fully saturated rings. The zero-order chi connectivity index (χ0) is 14.5. The van der Waals surface area contributed by atoms with Gasteiger partial charge in [0, 0.05) is 6.54 Å². The van der Waals surface area contributed by atoms with Crippen LogP contribution in [0.25, 0.3) is 0 Å². The molecule has 1 aromatic carbocycles. The van der Waals surface area contributed by atoms with Gasteiger partial charge in [-0.1, -0.05) is 22.2 Å². The van der Waals surface area contributed by atoms with E-state index in [0.717, 1.165) is 29.3 Å².